The smallest absolute Gasteiger partial charge is 0.242 e. The summed E-state index contributed by atoms with van der Waals surface area (Å²) in [5.41, 5.74) is 0.349. The van der Waals surface area contributed by atoms with Gasteiger partial charge in [0.25, 0.3) is 0 Å². The molecule has 0 unspecified atom stereocenters. The van der Waals surface area contributed by atoms with Gasteiger partial charge in [0.2, 0.25) is 10.0 Å². The third kappa shape index (κ3) is 3.47. The maximum absolute atomic E-state index is 11.9. The van der Waals surface area contributed by atoms with E-state index >= 15 is 0 Å². The first-order valence-electron chi connectivity index (χ1n) is 5.13. The number of sulfonamides is 1. The Balaban J connectivity index is 3.22. The van der Waals surface area contributed by atoms with Crippen LogP contribution in [0, 0.1) is 0 Å². The van der Waals surface area contributed by atoms with Gasteiger partial charge in [0.1, 0.15) is 4.90 Å². The summed E-state index contributed by atoms with van der Waals surface area (Å²) in [5, 5.41) is 18.0. The van der Waals surface area contributed by atoms with Crippen LogP contribution in [0.4, 0.5) is 0 Å². The van der Waals surface area contributed by atoms with Crippen molar-refractivity contribution in [3.63, 3.8) is 0 Å². The first-order valence-corrected chi connectivity index (χ1v) is 6.62. The van der Waals surface area contributed by atoms with Gasteiger partial charge in [0, 0.05) is 6.04 Å². The van der Waals surface area contributed by atoms with Gasteiger partial charge in [-0.15, -0.1) is 0 Å². The van der Waals surface area contributed by atoms with E-state index in [-0.39, 0.29) is 23.2 Å². The van der Waals surface area contributed by atoms with Crippen molar-refractivity contribution in [2.75, 3.05) is 0 Å². The van der Waals surface area contributed by atoms with E-state index in [1.54, 1.807) is 13.8 Å². The average Bonchev–Trinajstić information content (AvgIpc) is 2.26. The molecule has 1 aromatic heterocycles. The summed E-state index contributed by atoms with van der Waals surface area (Å²) in [7, 11) is -3.68. The molecule has 0 amide bonds. The Kier molecular flexibility index (Phi) is 4.58. The van der Waals surface area contributed by atoms with Crippen LogP contribution in [-0.4, -0.2) is 29.7 Å². The number of aliphatic hydroxyl groups is 2. The molecule has 1 rings (SSSR count). The molecule has 0 aliphatic carbocycles. The van der Waals surface area contributed by atoms with E-state index < -0.39 is 16.6 Å². The average molecular weight is 260 g/mol. The molecule has 1 aromatic rings. The van der Waals surface area contributed by atoms with Crippen molar-refractivity contribution in [2.24, 2.45) is 0 Å². The number of nitrogens with one attached hydrogen (secondary N) is 1. The SMILES string of the molecule is CC(C)NS(=O)(=O)c1ccc(CO)nc1CO. The Morgan fingerprint density at radius 2 is 1.94 bits per heavy atom. The summed E-state index contributed by atoms with van der Waals surface area (Å²) in [6, 6.07) is 2.49. The first kappa shape index (κ1) is 14.0. The van der Waals surface area contributed by atoms with Crippen molar-refractivity contribution in [1.29, 1.82) is 0 Å². The van der Waals surface area contributed by atoms with Crippen molar-refractivity contribution >= 4 is 10.0 Å². The second-order valence-corrected chi connectivity index (χ2v) is 5.52. The lowest BCUT2D eigenvalue weighted by molar-refractivity contribution is 0.262. The highest BCUT2D eigenvalue weighted by molar-refractivity contribution is 7.89. The maximum atomic E-state index is 11.9. The molecule has 0 saturated carbocycles. The maximum Gasteiger partial charge on any atom is 0.242 e. The van der Waals surface area contributed by atoms with Crippen LogP contribution in [0.5, 0.6) is 0 Å². The summed E-state index contributed by atoms with van der Waals surface area (Å²) < 4.78 is 26.2. The highest BCUT2D eigenvalue weighted by Crippen LogP contribution is 2.15. The Bertz CT molecular complexity index is 485. The van der Waals surface area contributed by atoms with E-state index in [1.807, 2.05) is 0 Å². The standard InChI is InChI=1S/C10H16N2O4S/c1-7(2)12-17(15,16)10-4-3-8(5-13)11-9(10)6-14/h3-4,7,12-14H,5-6H2,1-2H3. The summed E-state index contributed by atoms with van der Waals surface area (Å²) >= 11 is 0. The van der Waals surface area contributed by atoms with Crippen LogP contribution < -0.4 is 4.72 Å². The van der Waals surface area contributed by atoms with Crippen molar-refractivity contribution in [3.8, 4) is 0 Å². The van der Waals surface area contributed by atoms with Gasteiger partial charge in [-0.3, -0.25) is 4.98 Å². The molecule has 0 atom stereocenters. The Labute approximate surface area is 100 Å². The van der Waals surface area contributed by atoms with Gasteiger partial charge in [0.15, 0.2) is 0 Å². The van der Waals surface area contributed by atoms with Crippen molar-refractivity contribution in [3.05, 3.63) is 23.5 Å². The van der Waals surface area contributed by atoms with E-state index in [1.165, 1.54) is 12.1 Å². The second-order valence-electron chi connectivity index (χ2n) is 3.84. The minimum atomic E-state index is -3.68. The number of hydrogen-bond acceptors (Lipinski definition) is 5. The second kappa shape index (κ2) is 5.54. The van der Waals surface area contributed by atoms with Crippen LogP contribution in [0.25, 0.3) is 0 Å². The monoisotopic (exact) mass is 260 g/mol. The number of aromatic nitrogens is 1. The number of hydrogen-bond donors (Lipinski definition) is 3. The van der Waals surface area contributed by atoms with Crippen molar-refractivity contribution in [1.82, 2.24) is 9.71 Å². The molecule has 0 bridgehead atoms. The summed E-state index contributed by atoms with van der Waals surface area (Å²) in [5.74, 6) is 0. The van der Waals surface area contributed by atoms with Gasteiger partial charge in [-0.1, -0.05) is 0 Å². The molecule has 0 radical (unpaired) electrons. The zero-order chi connectivity index (χ0) is 13.1. The molecular weight excluding hydrogens is 244 g/mol. The lowest BCUT2D eigenvalue weighted by Gasteiger charge is -2.12. The van der Waals surface area contributed by atoms with Gasteiger partial charge in [0.05, 0.1) is 24.6 Å². The van der Waals surface area contributed by atoms with Gasteiger partial charge < -0.3 is 10.2 Å². The van der Waals surface area contributed by atoms with Gasteiger partial charge >= 0.3 is 0 Å². The summed E-state index contributed by atoms with van der Waals surface area (Å²) in [6.45, 7) is 2.60. The van der Waals surface area contributed by atoms with E-state index in [9.17, 15) is 8.42 Å². The van der Waals surface area contributed by atoms with E-state index in [0.29, 0.717) is 5.69 Å². The number of pyridine rings is 1. The third-order valence-corrected chi connectivity index (χ3v) is 3.71. The predicted molar refractivity (Wildman–Crippen MR) is 61.5 cm³/mol. The van der Waals surface area contributed by atoms with Crippen LogP contribution in [0.15, 0.2) is 17.0 Å². The zero-order valence-corrected chi connectivity index (χ0v) is 10.5. The first-order chi connectivity index (χ1) is 7.90. The molecule has 6 nitrogen and oxygen atoms in total. The van der Waals surface area contributed by atoms with Crippen LogP contribution in [-0.2, 0) is 23.2 Å². The topological polar surface area (TPSA) is 99.5 Å². The van der Waals surface area contributed by atoms with Gasteiger partial charge in [-0.05, 0) is 26.0 Å². The van der Waals surface area contributed by atoms with Crippen LogP contribution in [0.3, 0.4) is 0 Å². The largest absolute Gasteiger partial charge is 0.390 e. The van der Waals surface area contributed by atoms with E-state index in [0.717, 1.165) is 0 Å². The Morgan fingerprint density at radius 3 is 2.41 bits per heavy atom. The molecule has 0 spiro atoms. The minimum absolute atomic E-state index is 0.0321. The fourth-order valence-electron chi connectivity index (χ4n) is 1.35. The van der Waals surface area contributed by atoms with Crippen LogP contribution >= 0.6 is 0 Å². The normalized spacial score (nSPS) is 12.1. The van der Waals surface area contributed by atoms with Crippen LogP contribution in [0.1, 0.15) is 25.2 Å². The molecule has 0 aliphatic rings. The molecule has 7 heteroatoms. The summed E-state index contributed by atoms with van der Waals surface area (Å²) in [6.07, 6.45) is 0. The zero-order valence-electron chi connectivity index (χ0n) is 9.71. The lowest BCUT2D eigenvalue weighted by Crippen LogP contribution is -2.31. The molecule has 1 heterocycles. The molecule has 0 aromatic carbocycles. The molecule has 0 saturated heterocycles. The van der Waals surface area contributed by atoms with Gasteiger partial charge in [-0.2, -0.15) is 0 Å². The molecule has 0 fully saturated rings. The fraction of sp³-hybridized carbons (Fsp3) is 0.500. The molecule has 96 valence electrons. The van der Waals surface area contributed by atoms with Crippen molar-refractivity contribution in [2.45, 2.75) is 38.0 Å². The number of rotatable bonds is 5. The predicted octanol–water partition coefficient (Wildman–Crippen LogP) is -0.247. The minimum Gasteiger partial charge on any atom is -0.390 e. The fourth-order valence-corrected chi connectivity index (χ4v) is 2.77. The Morgan fingerprint density at radius 1 is 1.29 bits per heavy atom. The quantitative estimate of drug-likeness (QED) is 0.678. The van der Waals surface area contributed by atoms with E-state index in [4.69, 9.17) is 10.2 Å². The highest BCUT2D eigenvalue weighted by Gasteiger charge is 2.20. The van der Waals surface area contributed by atoms with Crippen LogP contribution in [0.2, 0.25) is 0 Å². The Hall–Kier alpha value is -1.02. The molecule has 0 aliphatic heterocycles. The molecular formula is C10H16N2O4S. The number of aliphatic hydroxyl groups excluding tert-OH is 2. The van der Waals surface area contributed by atoms with Crippen molar-refractivity contribution < 1.29 is 18.6 Å². The highest BCUT2D eigenvalue weighted by atomic mass is 32.2. The molecule has 17 heavy (non-hydrogen) atoms. The van der Waals surface area contributed by atoms with Gasteiger partial charge in [-0.25, -0.2) is 13.1 Å². The lowest BCUT2D eigenvalue weighted by atomic mass is 10.3. The van der Waals surface area contributed by atoms with E-state index in [2.05, 4.69) is 9.71 Å². The third-order valence-electron chi connectivity index (χ3n) is 1.98. The number of nitrogens with zero attached hydrogens (tertiary/aromatic N) is 1. The molecule has 3 N–H and O–H groups in total. The summed E-state index contributed by atoms with van der Waals surface area (Å²) in [4.78, 5) is 3.80.